The fraction of sp³-hybridized carbons (Fsp3) is 0.148. The minimum Gasteiger partial charge on any atom is -0.286 e. The molecule has 0 saturated heterocycles. The Morgan fingerprint density at radius 3 is 0.790 bits per heavy atom. The molecule has 0 unspecified atom stereocenters. The third kappa shape index (κ3) is 9.53. The van der Waals surface area contributed by atoms with E-state index in [-0.39, 0.29) is 0 Å². The van der Waals surface area contributed by atoms with Crippen LogP contribution in [-0.4, -0.2) is 39.7 Å². The molecule has 0 spiro atoms. The van der Waals surface area contributed by atoms with Gasteiger partial charge in [-0.2, -0.15) is 0 Å². The first-order chi connectivity index (χ1) is 30.6. The summed E-state index contributed by atoms with van der Waals surface area (Å²) < 4.78 is 0. The predicted molar refractivity (Wildman–Crippen MR) is 249 cm³/mol. The SMILES string of the molecule is c1cc(CCc2cccc(CN(Cc3ccc4ccccc4n3)Cc3ccc4ccccc4n3)n2)nc(CN(Cc2ccc3ccccc3n2)Cc2ccc3ccccc3n2)c1. The average Bonchev–Trinajstić information content (AvgIpc) is 3.31. The number of aryl methyl sites for hydroxylation is 2. The van der Waals surface area contributed by atoms with Crippen molar-refractivity contribution in [3.63, 3.8) is 0 Å². The molecule has 10 rings (SSSR count). The van der Waals surface area contributed by atoms with Crippen molar-refractivity contribution in [2.45, 2.75) is 52.1 Å². The first-order valence-electron chi connectivity index (χ1n) is 21.3. The molecule has 0 atom stereocenters. The Morgan fingerprint density at radius 1 is 0.226 bits per heavy atom. The number of para-hydroxylation sites is 4. The van der Waals surface area contributed by atoms with Gasteiger partial charge in [-0.05, 0) is 85.6 Å². The fourth-order valence-electron chi connectivity index (χ4n) is 8.26. The second-order valence-electron chi connectivity index (χ2n) is 16.0. The minimum absolute atomic E-state index is 0.665. The monoisotopic (exact) mass is 806 g/mol. The molecule has 62 heavy (non-hydrogen) atoms. The van der Waals surface area contributed by atoms with Crippen LogP contribution in [0.15, 0.2) is 182 Å². The van der Waals surface area contributed by atoms with E-state index in [9.17, 15) is 0 Å². The lowest BCUT2D eigenvalue weighted by molar-refractivity contribution is 0.239. The zero-order valence-electron chi connectivity index (χ0n) is 34.6. The summed E-state index contributed by atoms with van der Waals surface area (Å²) in [6, 6.07) is 63.1. The van der Waals surface area contributed by atoms with Crippen LogP contribution in [0.5, 0.6) is 0 Å². The molecule has 0 amide bonds. The molecule has 0 aliphatic carbocycles. The molecule has 302 valence electrons. The molecule has 10 aromatic rings. The molecular weight excluding hydrogens is 761 g/mol. The molecule has 0 aliphatic rings. The Hall–Kier alpha value is -7.26. The van der Waals surface area contributed by atoms with Crippen molar-refractivity contribution in [2.24, 2.45) is 0 Å². The van der Waals surface area contributed by atoms with Crippen molar-refractivity contribution in [3.8, 4) is 0 Å². The Kier molecular flexibility index (Phi) is 11.4. The van der Waals surface area contributed by atoms with Crippen molar-refractivity contribution in [3.05, 3.63) is 228 Å². The highest BCUT2D eigenvalue weighted by atomic mass is 15.2. The smallest absolute Gasteiger partial charge is 0.0705 e. The Balaban J connectivity index is 0.848. The van der Waals surface area contributed by atoms with Crippen molar-refractivity contribution >= 4 is 43.6 Å². The van der Waals surface area contributed by atoms with Gasteiger partial charge in [0.05, 0.1) is 56.2 Å². The molecular formula is C54H46N8. The molecule has 0 aliphatic heterocycles. The van der Waals surface area contributed by atoms with Gasteiger partial charge in [0, 0.05) is 72.2 Å². The quantitative estimate of drug-likeness (QED) is 0.101. The van der Waals surface area contributed by atoms with E-state index >= 15 is 0 Å². The lowest BCUT2D eigenvalue weighted by Crippen LogP contribution is -2.24. The van der Waals surface area contributed by atoms with E-state index in [0.717, 1.165) is 102 Å². The zero-order chi connectivity index (χ0) is 41.5. The van der Waals surface area contributed by atoms with Gasteiger partial charge in [-0.25, -0.2) is 0 Å². The fourth-order valence-corrected chi connectivity index (χ4v) is 8.26. The van der Waals surface area contributed by atoms with Crippen LogP contribution in [0.2, 0.25) is 0 Å². The van der Waals surface area contributed by atoms with E-state index in [1.807, 2.05) is 24.3 Å². The molecule has 0 saturated carbocycles. The van der Waals surface area contributed by atoms with Crippen LogP contribution in [0.25, 0.3) is 43.6 Å². The number of nitrogens with zero attached hydrogens (tertiary/aromatic N) is 8. The topological polar surface area (TPSA) is 83.8 Å². The first-order valence-corrected chi connectivity index (χ1v) is 21.3. The second-order valence-corrected chi connectivity index (χ2v) is 16.0. The zero-order valence-corrected chi connectivity index (χ0v) is 34.6. The van der Waals surface area contributed by atoms with E-state index in [1.54, 1.807) is 0 Å². The Morgan fingerprint density at radius 2 is 0.484 bits per heavy atom. The van der Waals surface area contributed by atoms with Gasteiger partial charge in [0.1, 0.15) is 0 Å². The van der Waals surface area contributed by atoms with Crippen LogP contribution >= 0.6 is 0 Å². The van der Waals surface area contributed by atoms with Crippen LogP contribution < -0.4 is 0 Å². The molecule has 0 radical (unpaired) electrons. The molecule has 0 fully saturated rings. The van der Waals surface area contributed by atoms with E-state index in [1.165, 1.54) is 0 Å². The summed E-state index contributed by atoms with van der Waals surface area (Å²) in [5.74, 6) is 0. The van der Waals surface area contributed by atoms with E-state index < -0.39 is 0 Å². The highest BCUT2D eigenvalue weighted by Crippen LogP contribution is 2.21. The van der Waals surface area contributed by atoms with Crippen LogP contribution in [0.4, 0.5) is 0 Å². The molecule has 6 heterocycles. The van der Waals surface area contributed by atoms with E-state index in [2.05, 4.69) is 168 Å². The van der Waals surface area contributed by atoms with Crippen molar-refractivity contribution in [1.82, 2.24) is 39.7 Å². The van der Waals surface area contributed by atoms with Crippen LogP contribution in [0.3, 0.4) is 0 Å². The van der Waals surface area contributed by atoms with E-state index in [4.69, 9.17) is 29.9 Å². The van der Waals surface area contributed by atoms with Gasteiger partial charge < -0.3 is 0 Å². The number of aromatic nitrogens is 6. The third-order valence-corrected chi connectivity index (χ3v) is 11.3. The lowest BCUT2D eigenvalue weighted by Gasteiger charge is -2.22. The number of benzene rings is 4. The number of pyridine rings is 6. The summed E-state index contributed by atoms with van der Waals surface area (Å²) in [5.41, 5.74) is 12.2. The molecule has 0 N–H and O–H groups in total. The summed E-state index contributed by atoms with van der Waals surface area (Å²) >= 11 is 0. The van der Waals surface area contributed by atoms with Gasteiger partial charge >= 0.3 is 0 Å². The van der Waals surface area contributed by atoms with Crippen molar-refractivity contribution < 1.29 is 0 Å². The standard InChI is InChI=1S/C54H46N8/c1-5-19-51-39(11-1)23-27-47(57-51)35-61(36-48-28-24-40-12-2-6-20-52(40)58-48)33-45-17-9-15-43(55-45)31-32-44-16-10-18-46(56-44)34-62(37-49-29-25-41-13-3-7-21-53(41)59-49)38-50-30-26-42-14-4-8-22-54(42)60-50/h1-30H,31-38H2. The molecule has 8 nitrogen and oxygen atoms in total. The first kappa shape index (κ1) is 38.9. The van der Waals surface area contributed by atoms with Crippen LogP contribution in [0, 0.1) is 0 Å². The van der Waals surface area contributed by atoms with Gasteiger partial charge in [0.2, 0.25) is 0 Å². The highest BCUT2D eigenvalue weighted by Gasteiger charge is 2.15. The maximum atomic E-state index is 5.19. The summed E-state index contributed by atoms with van der Waals surface area (Å²) in [4.78, 5) is 35.2. The van der Waals surface area contributed by atoms with Gasteiger partial charge in [0.25, 0.3) is 0 Å². The van der Waals surface area contributed by atoms with Gasteiger partial charge in [-0.15, -0.1) is 0 Å². The van der Waals surface area contributed by atoms with Crippen LogP contribution in [-0.2, 0) is 52.1 Å². The third-order valence-electron chi connectivity index (χ3n) is 11.3. The maximum Gasteiger partial charge on any atom is 0.0705 e. The molecule has 8 heteroatoms. The maximum absolute atomic E-state index is 5.19. The van der Waals surface area contributed by atoms with E-state index in [0.29, 0.717) is 39.3 Å². The number of rotatable bonds is 15. The highest BCUT2D eigenvalue weighted by molar-refractivity contribution is 5.80. The number of hydrogen-bond donors (Lipinski definition) is 0. The lowest BCUT2D eigenvalue weighted by atomic mass is 10.1. The normalized spacial score (nSPS) is 11.7. The summed E-state index contributed by atoms with van der Waals surface area (Å²) in [7, 11) is 0. The molecule has 0 bridgehead atoms. The Bertz CT molecular complexity index is 2770. The van der Waals surface area contributed by atoms with Crippen molar-refractivity contribution in [2.75, 3.05) is 0 Å². The van der Waals surface area contributed by atoms with Gasteiger partial charge in [0.15, 0.2) is 0 Å². The van der Waals surface area contributed by atoms with Crippen molar-refractivity contribution in [1.29, 1.82) is 0 Å². The number of fused-ring (bicyclic) bond motifs is 4. The predicted octanol–water partition coefficient (Wildman–Crippen LogP) is 10.9. The summed E-state index contributed by atoms with van der Waals surface area (Å²) in [5, 5.41) is 4.56. The Labute approximate surface area is 361 Å². The largest absolute Gasteiger partial charge is 0.286 e. The minimum atomic E-state index is 0.665. The average molecular weight is 807 g/mol. The number of hydrogen-bond acceptors (Lipinski definition) is 8. The molecule has 6 aromatic heterocycles. The summed E-state index contributed by atoms with van der Waals surface area (Å²) in [6.07, 6.45) is 1.57. The van der Waals surface area contributed by atoms with Gasteiger partial charge in [-0.1, -0.05) is 109 Å². The van der Waals surface area contributed by atoms with Crippen LogP contribution in [0.1, 0.15) is 45.6 Å². The second kappa shape index (κ2) is 18.2. The molecule has 4 aromatic carbocycles. The van der Waals surface area contributed by atoms with Gasteiger partial charge in [-0.3, -0.25) is 39.7 Å². The summed E-state index contributed by atoms with van der Waals surface area (Å²) in [6.45, 7) is 4.02.